The SMILES string of the molecule is CCOC(=O)COCCCCCC=Cc1c(F)cccc1F. The van der Waals surface area contributed by atoms with Gasteiger partial charge in [0.1, 0.15) is 18.2 Å². The molecule has 0 aliphatic carbocycles. The van der Waals surface area contributed by atoms with E-state index in [2.05, 4.69) is 0 Å². The molecule has 122 valence electrons. The van der Waals surface area contributed by atoms with E-state index in [1.807, 2.05) is 0 Å². The van der Waals surface area contributed by atoms with Gasteiger partial charge in [-0.25, -0.2) is 13.6 Å². The van der Waals surface area contributed by atoms with Crippen molar-refractivity contribution >= 4 is 12.0 Å². The molecule has 0 fully saturated rings. The summed E-state index contributed by atoms with van der Waals surface area (Å²) in [5.74, 6) is -1.45. The second kappa shape index (κ2) is 10.9. The molecule has 3 nitrogen and oxygen atoms in total. The van der Waals surface area contributed by atoms with E-state index < -0.39 is 11.6 Å². The van der Waals surface area contributed by atoms with Gasteiger partial charge in [-0.15, -0.1) is 0 Å². The zero-order valence-electron chi connectivity index (χ0n) is 12.8. The molecule has 1 aromatic rings. The Kier molecular flexibility index (Phi) is 9.07. The monoisotopic (exact) mass is 312 g/mol. The first-order valence-electron chi connectivity index (χ1n) is 7.49. The van der Waals surface area contributed by atoms with Gasteiger partial charge in [-0.3, -0.25) is 0 Å². The second-order valence-corrected chi connectivity index (χ2v) is 4.74. The Morgan fingerprint density at radius 2 is 1.91 bits per heavy atom. The Morgan fingerprint density at radius 1 is 1.18 bits per heavy atom. The first-order valence-corrected chi connectivity index (χ1v) is 7.49. The lowest BCUT2D eigenvalue weighted by atomic mass is 10.1. The fourth-order valence-electron chi connectivity index (χ4n) is 1.87. The van der Waals surface area contributed by atoms with E-state index in [4.69, 9.17) is 9.47 Å². The number of hydrogen-bond donors (Lipinski definition) is 0. The topological polar surface area (TPSA) is 35.5 Å². The zero-order valence-corrected chi connectivity index (χ0v) is 12.8. The molecule has 0 bridgehead atoms. The van der Waals surface area contributed by atoms with Crippen molar-refractivity contribution in [1.29, 1.82) is 0 Å². The predicted molar refractivity (Wildman–Crippen MR) is 81.3 cm³/mol. The highest BCUT2D eigenvalue weighted by molar-refractivity contribution is 5.70. The molecule has 0 aromatic heterocycles. The molecule has 0 saturated heterocycles. The molecule has 1 aromatic carbocycles. The summed E-state index contributed by atoms with van der Waals surface area (Å²) in [6.07, 6.45) is 6.64. The van der Waals surface area contributed by atoms with Crippen LogP contribution >= 0.6 is 0 Å². The highest BCUT2D eigenvalue weighted by Crippen LogP contribution is 2.14. The highest BCUT2D eigenvalue weighted by Gasteiger charge is 2.03. The molecule has 5 heteroatoms. The number of carbonyl (C=O) groups is 1. The van der Waals surface area contributed by atoms with Crippen molar-refractivity contribution < 1.29 is 23.0 Å². The van der Waals surface area contributed by atoms with Crippen LogP contribution in [-0.4, -0.2) is 25.8 Å². The van der Waals surface area contributed by atoms with E-state index in [1.165, 1.54) is 24.3 Å². The lowest BCUT2D eigenvalue weighted by molar-refractivity contribution is -0.148. The molecular formula is C17H22F2O3. The standard InChI is InChI=1S/C17H22F2O3/c1-2-22-17(20)13-21-12-7-5-3-4-6-9-14-15(18)10-8-11-16(14)19/h6,8-11H,2-5,7,12-13H2,1H3. The van der Waals surface area contributed by atoms with E-state index in [-0.39, 0.29) is 18.1 Å². The molecule has 1 rings (SSSR count). The number of esters is 1. The lowest BCUT2D eigenvalue weighted by Gasteiger charge is -2.03. The largest absolute Gasteiger partial charge is 0.464 e. The number of hydrogen-bond acceptors (Lipinski definition) is 3. The first kappa shape index (κ1) is 18.3. The van der Waals surface area contributed by atoms with Crippen molar-refractivity contribution in [2.24, 2.45) is 0 Å². The van der Waals surface area contributed by atoms with Gasteiger partial charge >= 0.3 is 5.97 Å². The van der Waals surface area contributed by atoms with Gasteiger partial charge in [0.25, 0.3) is 0 Å². The number of unbranched alkanes of at least 4 members (excludes halogenated alkanes) is 3. The highest BCUT2D eigenvalue weighted by atomic mass is 19.1. The molecule has 0 unspecified atom stereocenters. The summed E-state index contributed by atoms with van der Waals surface area (Å²) in [6.45, 7) is 2.60. The number of ether oxygens (including phenoxy) is 2. The minimum Gasteiger partial charge on any atom is -0.464 e. The maximum atomic E-state index is 13.3. The van der Waals surface area contributed by atoms with Crippen LogP contribution in [0.15, 0.2) is 24.3 Å². The Hall–Kier alpha value is -1.75. The minimum atomic E-state index is -0.552. The van der Waals surface area contributed by atoms with Gasteiger partial charge in [0.05, 0.1) is 6.61 Å². The van der Waals surface area contributed by atoms with Gasteiger partial charge in [-0.1, -0.05) is 24.6 Å². The van der Waals surface area contributed by atoms with Gasteiger partial charge in [-0.05, 0) is 38.3 Å². The zero-order chi connectivity index (χ0) is 16.2. The van der Waals surface area contributed by atoms with Crippen molar-refractivity contribution in [2.75, 3.05) is 19.8 Å². The van der Waals surface area contributed by atoms with Crippen LogP contribution in [-0.2, 0) is 14.3 Å². The fourth-order valence-corrected chi connectivity index (χ4v) is 1.87. The van der Waals surface area contributed by atoms with Gasteiger partial charge in [0.2, 0.25) is 0 Å². The Labute approximate surface area is 129 Å². The number of carbonyl (C=O) groups excluding carboxylic acids is 1. The normalized spacial score (nSPS) is 11.0. The predicted octanol–water partition coefficient (Wildman–Crippen LogP) is 4.12. The molecule has 0 N–H and O–H groups in total. The maximum Gasteiger partial charge on any atom is 0.332 e. The Balaban J connectivity index is 2.08. The van der Waals surface area contributed by atoms with Crippen molar-refractivity contribution in [1.82, 2.24) is 0 Å². The average molecular weight is 312 g/mol. The molecule has 0 radical (unpaired) electrons. The van der Waals surface area contributed by atoms with Crippen molar-refractivity contribution in [3.63, 3.8) is 0 Å². The number of halogens is 2. The van der Waals surface area contributed by atoms with Crippen LogP contribution in [0.3, 0.4) is 0 Å². The summed E-state index contributed by atoms with van der Waals surface area (Å²) in [7, 11) is 0. The Morgan fingerprint density at radius 3 is 2.59 bits per heavy atom. The van der Waals surface area contributed by atoms with Crippen molar-refractivity contribution in [3.8, 4) is 0 Å². The second-order valence-electron chi connectivity index (χ2n) is 4.74. The van der Waals surface area contributed by atoms with E-state index >= 15 is 0 Å². The third kappa shape index (κ3) is 7.31. The third-order valence-corrected chi connectivity index (χ3v) is 2.97. The Bertz CT molecular complexity index is 467. The van der Waals surface area contributed by atoms with Gasteiger partial charge in [-0.2, -0.15) is 0 Å². The van der Waals surface area contributed by atoms with Gasteiger partial charge in [0, 0.05) is 12.2 Å². The van der Waals surface area contributed by atoms with Crippen molar-refractivity contribution in [2.45, 2.75) is 32.6 Å². The van der Waals surface area contributed by atoms with E-state index in [9.17, 15) is 13.6 Å². The van der Waals surface area contributed by atoms with Crippen LogP contribution in [0.1, 0.15) is 38.2 Å². The molecule has 0 amide bonds. The summed E-state index contributed by atoms with van der Waals surface area (Å²) in [4.78, 5) is 11.0. The fraction of sp³-hybridized carbons (Fsp3) is 0.471. The molecule has 22 heavy (non-hydrogen) atoms. The summed E-state index contributed by atoms with van der Waals surface area (Å²) in [6, 6.07) is 3.82. The smallest absolute Gasteiger partial charge is 0.332 e. The van der Waals surface area contributed by atoms with Crippen LogP contribution in [0.4, 0.5) is 8.78 Å². The van der Waals surface area contributed by atoms with E-state index in [0.29, 0.717) is 13.2 Å². The number of benzene rings is 1. The molecular weight excluding hydrogens is 290 g/mol. The number of allylic oxidation sites excluding steroid dienone is 1. The van der Waals surface area contributed by atoms with Gasteiger partial charge < -0.3 is 9.47 Å². The summed E-state index contributed by atoms with van der Waals surface area (Å²) in [5.41, 5.74) is 0.000250. The first-order chi connectivity index (χ1) is 10.6. The maximum absolute atomic E-state index is 13.3. The van der Waals surface area contributed by atoms with Crippen LogP contribution in [0.2, 0.25) is 0 Å². The molecule has 0 aliphatic rings. The lowest BCUT2D eigenvalue weighted by Crippen LogP contribution is -2.12. The quantitative estimate of drug-likeness (QED) is 0.481. The summed E-state index contributed by atoms with van der Waals surface area (Å²) >= 11 is 0. The van der Waals surface area contributed by atoms with Crippen LogP contribution < -0.4 is 0 Å². The molecule has 0 heterocycles. The molecule has 0 saturated carbocycles. The molecule has 0 atom stereocenters. The summed E-state index contributed by atoms with van der Waals surface area (Å²) in [5, 5.41) is 0. The molecule has 0 aliphatic heterocycles. The molecule has 0 spiro atoms. The summed E-state index contributed by atoms with van der Waals surface area (Å²) < 4.78 is 36.6. The third-order valence-electron chi connectivity index (χ3n) is 2.97. The number of rotatable bonds is 10. The minimum absolute atomic E-state index is 0.000250. The average Bonchev–Trinajstić information content (AvgIpc) is 2.48. The van der Waals surface area contributed by atoms with E-state index in [0.717, 1.165) is 25.7 Å². The van der Waals surface area contributed by atoms with Crippen LogP contribution in [0.5, 0.6) is 0 Å². The van der Waals surface area contributed by atoms with Gasteiger partial charge in [0.15, 0.2) is 0 Å². The van der Waals surface area contributed by atoms with Crippen LogP contribution in [0, 0.1) is 11.6 Å². The van der Waals surface area contributed by atoms with Crippen LogP contribution in [0.25, 0.3) is 6.08 Å². The van der Waals surface area contributed by atoms with Crippen molar-refractivity contribution in [3.05, 3.63) is 41.5 Å². The van der Waals surface area contributed by atoms with E-state index in [1.54, 1.807) is 13.0 Å².